The number of rotatable bonds is 3. The third kappa shape index (κ3) is 2.08. The molecule has 90 valence electrons. The maximum absolute atomic E-state index is 11.9. The van der Waals surface area contributed by atoms with E-state index < -0.39 is 23.1 Å². The lowest BCUT2D eigenvalue weighted by atomic mass is 10.0. The molecule has 0 aliphatic carbocycles. The molecule has 0 aliphatic rings. The summed E-state index contributed by atoms with van der Waals surface area (Å²) in [6, 6.07) is 12.0. The Morgan fingerprint density at radius 1 is 0.778 bits per heavy atom. The van der Waals surface area contributed by atoms with E-state index in [-0.39, 0.29) is 11.1 Å². The molecule has 0 saturated carbocycles. The van der Waals surface area contributed by atoms with E-state index in [0.29, 0.717) is 0 Å². The van der Waals surface area contributed by atoms with Gasteiger partial charge in [-0.15, -0.1) is 0 Å². The van der Waals surface area contributed by atoms with Crippen molar-refractivity contribution in [1.29, 1.82) is 0 Å². The van der Waals surface area contributed by atoms with E-state index in [1.807, 2.05) is 0 Å². The minimum atomic E-state index is -0.852. The van der Waals surface area contributed by atoms with Gasteiger partial charge in [0.1, 0.15) is 0 Å². The molecule has 0 atom stereocenters. The number of benzene rings is 2. The van der Waals surface area contributed by atoms with Crippen LogP contribution in [0.15, 0.2) is 48.5 Å². The van der Waals surface area contributed by atoms with Crippen molar-refractivity contribution in [2.75, 3.05) is 0 Å². The monoisotopic (exact) mass is 242 g/mol. The lowest BCUT2D eigenvalue weighted by Crippen LogP contribution is -2.14. The lowest BCUT2D eigenvalue weighted by Gasteiger charge is -2.04. The summed E-state index contributed by atoms with van der Waals surface area (Å²) in [6.45, 7) is 0. The molecule has 0 aromatic heterocycles. The van der Waals surface area contributed by atoms with Crippen LogP contribution in [-0.4, -0.2) is 21.8 Å². The maximum atomic E-state index is 11.9. The van der Waals surface area contributed by atoms with Gasteiger partial charge >= 0.3 is 0 Å². The fourth-order valence-corrected chi connectivity index (χ4v) is 1.56. The molecule has 0 fully saturated rings. The fourth-order valence-electron chi connectivity index (χ4n) is 1.56. The van der Waals surface area contributed by atoms with Crippen LogP contribution in [0.1, 0.15) is 20.7 Å². The SMILES string of the molecule is O=C(C(=O)c1cccc(O)c1O)c1ccccc1. The molecule has 18 heavy (non-hydrogen) atoms. The number of hydrogen-bond donors (Lipinski definition) is 2. The molecule has 0 bridgehead atoms. The first-order valence-corrected chi connectivity index (χ1v) is 5.26. The molecular weight excluding hydrogens is 232 g/mol. The van der Waals surface area contributed by atoms with Crippen molar-refractivity contribution in [3.05, 3.63) is 59.7 Å². The molecule has 0 radical (unpaired) electrons. The Morgan fingerprint density at radius 3 is 2.11 bits per heavy atom. The van der Waals surface area contributed by atoms with Gasteiger partial charge in [-0.2, -0.15) is 0 Å². The predicted octanol–water partition coefficient (Wildman–Crippen LogP) is 2.16. The maximum Gasteiger partial charge on any atom is 0.237 e. The van der Waals surface area contributed by atoms with Crippen molar-refractivity contribution in [1.82, 2.24) is 0 Å². The van der Waals surface area contributed by atoms with Crippen LogP contribution < -0.4 is 0 Å². The number of carbonyl (C=O) groups excluding carboxylic acids is 2. The molecule has 4 heteroatoms. The third-order valence-electron chi connectivity index (χ3n) is 2.50. The minimum Gasteiger partial charge on any atom is -0.504 e. The van der Waals surface area contributed by atoms with Crippen LogP contribution in [-0.2, 0) is 0 Å². The molecule has 0 amide bonds. The first kappa shape index (κ1) is 11.9. The van der Waals surface area contributed by atoms with Crippen LogP contribution in [0.25, 0.3) is 0 Å². The molecular formula is C14H10O4. The second kappa shape index (κ2) is 4.71. The van der Waals surface area contributed by atoms with Gasteiger partial charge in [-0.25, -0.2) is 0 Å². The third-order valence-corrected chi connectivity index (χ3v) is 2.50. The number of ketones is 2. The second-order valence-electron chi connectivity index (χ2n) is 3.70. The van der Waals surface area contributed by atoms with Crippen molar-refractivity contribution in [2.24, 2.45) is 0 Å². The molecule has 4 nitrogen and oxygen atoms in total. The average molecular weight is 242 g/mol. The van der Waals surface area contributed by atoms with Crippen LogP contribution in [0.2, 0.25) is 0 Å². The molecule has 2 N–H and O–H groups in total. The van der Waals surface area contributed by atoms with Crippen LogP contribution >= 0.6 is 0 Å². The predicted molar refractivity (Wildman–Crippen MR) is 64.9 cm³/mol. The summed E-state index contributed by atoms with van der Waals surface area (Å²) in [5.74, 6) is -2.58. The minimum absolute atomic E-state index is 0.205. The molecule has 0 heterocycles. The van der Waals surface area contributed by atoms with E-state index >= 15 is 0 Å². The van der Waals surface area contributed by atoms with E-state index in [2.05, 4.69) is 0 Å². The van der Waals surface area contributed by atoms with Crippen molar-refractivity contribution in [3.63, 3.8) is 0 Å². The number of phenolic OH excluding ortho intramolecular Hbond substituents is 2. The summed E-state index contributed by atoms with van der Waals surface area (Å²) in [7, 11) is 0. The molecule has 0 spiro atoms. The summed E-state index contributed by atoms with van der Waals surface area (Å²) >= 11 is 0. The first-order valence-electron chi connectivity index (χ1n) is 5.26. The quantitative estimate of drug-likeness (QED) is 0.491. The first-order chi connectivity index (χ1) is 8.61. The van der Waals surface area contributed by atoms with Gasteiger partial charge in [0.05, 0.1) is 5.56 Å². The number of para-hydroxylation sites is 1. The van der Waals surface area contributed by atoms with E-state index in [1.165, 1.54) is 30.3 Å². The van der Waals surface area contributed by atoms with E-state index in [9.17, 15) is 19.8 Å². The van der Waals surface area contributed by atoms with E-state index in [1.54, 1.807) is 18.2 Å². The highest BCUT2D eigenvalue weighted by atomic mass is 16.3. The Labute approximate surface area is 103 Å². The normalized spacial score (nSPS) is 10.0. The second-order valence-corrected chi connectivity index (χ2v) is 3.70. The van der Waals surface area contributed by atoms with Gasteiger partial charge in [-0.05, 0) is 12.1 Å². The Bertz CT molecular complexity index is 602. The zero-order chi connectivity index (χ0) is 13.1. The fraction of sp³-hybridized carbons (Fsp3) is 0. The van der Waals surface area contributed by atoms with Gasteiger partial charge in [0, 0.05) is 5.56 Å². The van der Waals surface area contributed by atoms with Crippen molar-refractivity contribution >= 4 is 11.6 Å². The molecule has 2 aromatic rings. The molecule has 0 unspecified atom stereocenters. The number of hydrogen-bond acceptors (Lipinski definition) is 4. The van der Waals surface area contributed by atoms with Crippen molar-refractivity contribution in [2.45, 2.75) is 0 Å². The summed E-state index contributed by atoms with van der Waals surface area (Å²) in [5.41, 5.74) is 0.0362. The molecule has 0 aliphatic heterocycles. The van der Waals surface area contributed by atoms with Gasteiger partial charge in [0.15, 0.2) is 11.5 Å². The highest BCUT2D eigenvalue weighted by Crippen LogP contribution is 2.29. The zero-order valence-corrected chi connectivity index (χ0v) is 9.33. The van der Waals surface area contributed by atoms with Crippen LogP contribution in [0.3, 0.4) is 0 Å². The summed E-state index contributed by atoms with van der Waals surface area (Å²) in [6.07, 6.45) is 0. The van der Waals surface area contributed by atoms with Crippen molar-refractivity contribution < 1.29 is 19.8 Å². The smallest absolute Gasteiger partial charge is 0.237 e. The number of aromatic hydroxyl groups is 2. The van der Waals surface area contributed by atoms with E-state index in [4.69, 9.17) is 0 Å². The zero-order valence-electron chi connectivity index (χ0n) is 9.33. The van der Waals surface area contributed by atoms with Gasteiger partial charge < -0.3 is 10.2 Å². The lowest BCUT2D eigenvalue weighted by molar-refractivity contribution is 0.0815. The highest BCUT2D eigenvalue weighted by molar-refractivity contribution is 6.49. The van der Waals surface area contributed by atoms with Crippen LogP contribution in [0.4, 0.5) is 0 Å². The standard InChI is InChI=1S/C14H10O4/c15-11-8-4-7-10(13(11)17)14(18)12(16)9-5-2-1-3-6-9/h1-8,15,17H. The average Bonchev–Trinajstić information content (AvgIpc) is 2.41. The van der Waals surface area contributed by atoms with Crippen LogP contribution in [0, 0.1) is 0 Å². The Hall–Kier alpha value is -2.62. The van der Waals surface area contributed by atoms with E-state index in [0.717, 1.165) is 0 Å². The highest BCUT2D eigenvalue weighted by Gasteiger charge is 2.22. The van der Waals surface area contributed by atoms with Gasteiger partial charge in [0.2, 0.25) is 11.6 Å². The Morgan fingerprint density at radius 2 is 1.44 bits per heavy atom. The number of phenols is 2. The Balaban J connectivity index is 2.38. The topological polar surface area (TPSA) is 74.6 Å². The van der Waals surface area contributed by atoms with Crippen molar-refractivity contribution in [3.8, 4) is 11.5 Å². The van der Waals surface area contributed by atoms with Gasteiger partial charge in [0.25, 0.3) is 0 Å². The molecule has 0 saturated heterocycles. The Kier molecular flexibility index (Phi) is 3.10. The summed E-state index contributed by atoms with van der Waals surface area (Å²) in [4.78, 5) is 23.8. The molecule has 2 rings (SSSR count). The number of Topliss-reactive ketones (excluding diaryl/α,β-unsaturated/α-hetero) is 2. The van der Waals surface area contributed by atoms with Gasteiger partial charge in [-0.1, -0.05) is 36.4 Å². The molecule has 2 aromatic carbocycles. The number of carbonyl (C=O) groups is 2. The summed E-state index contributed by atoms with van der Waals surface area (Å²) in [5, 5.41) is 18.8. The summed E-state index contributed by atoms with van der Waals surface area (Å²) < 4.78 is 0. The van der Waals surface area contributed by atoms with Crippen LogP contribution in [0.5, 0.6) is 11.5 Å². The van der Waals surface area contributed by atoms with Gasteiger partial charge in [-0.3, -0.25) is 9.59 Å². The largest absolute Gasteiger partial charge is 0.504 e.